The Kier molecular flexibility index (Phi) is 3.57. The average molecular weight is 290 g/mol. The smallest absolute Gasteiger partial charge is 0.278 e. The van der Waals surface area contributed by atoms with Gasteiger partial charge < -0.3 is 14.8 Å². The molecule has 20 heavy (non-hydrogen) atoms. The van der Waals surface area contributed by atoms with E-state index in [-0.39, 0.29) is 0 Å². The number of nitrogens with zero attached hydrogens (tertiary/aromatic N) is 5. The Balaban J connectivity index is 1.75. The summed E-state index contributed by atoms with van der Waals surface area (Å²) in [5.41, 5.74) is 7.11. The number of rotatable bonds is 5. The van der Waals surface area contributed by atoms with E-state index in [9.17, 15) is 0 Å². The molecule has 0 aromatic carbocycles. The van der Waals surface area contributed by atoms with Gasteiger partial charge in [-0.25, -0.2) is 9.97 Å². The van der Waals surface area contributed by atoms with E-state index < -0.39 is 0 Å². The molecule has 0 saturated carbocycles. The fraction of sp³-hybridized carbons (Fsp3) is 0.333. The Morgan fingerprint density at radius 1 is 1.40 bits per heavy atom. The summed E-state index contributed by atoms with van der Waals surface area (Å²) < 4.78 is 7.12. The van der Waals surface area contributed by atoms with Crippen molar-refractivity contribution in [2.24, 2.45) is 5.73 Å². The van der Waals surface area contributed by atoms with Crippen LogP contribution in [0, 0.1) is 6.92 Å². The van der Waals surface area contributed by atoms with Gasteiger partial charge in [-0.1, -0.05) is 5.16 Å². The zero-order chi connectivity index (χ0) is 13.9. The van der Waals surface area contributed by atoms with Crippen molar-refractivity contribution in [3.8, 4) is 11.6 Å². The lowest BCUT2D eigenvalue weighted by atomic mass is 10.3. The van der Waals surface area contributed by atoms with E-state index in [1.807, 2.05) is 23.1 Å². The number of hydrogen-bond donors (Lipinski definition) is 1. The second-order valence-corrected chi connectivity index (χ2v) is 5.40. The first-order valence-electron chi connectivity index (χ1n) is 6.20. The van der Waals surface area contributed by atoms with Crippen molar-refractivity contribution < 1.29 is 4.52 Å². The van der Waals surface area contributed by atoms with E-state index in [0.29, 0.717) is 36.9 Å². The number of aryl methyl sites for hydroxylation is 1. The Hall–Kier alpha value is -2.06. The van der Waals surface area contributed by atoms with Crippen LogP contribution in [0.2, 0.25) is 0 Å². The molecule has 0 aliphatic rings. The molecule has 3 heterocycles. The van der Waals surface area contributed by atoms with Gasteiger partial charge in [-0.05, 0) is 6.92 Å². The predicted octanol–water partition coefficient (Wildman–Crippen LogP) is 1.25. The number of nitrogens with two attached hydrogens (primary N) is 1. The molecule has 3 aromatic heterocycles. The van der Waals surface area contributed by atoms with Gasteiger partial charge in [-0.3, -0.25) is 0 Å². The number of hydrogen-bond acceptors (Lipinski definition) is 7. The molecule has 2 N–H and O–H groups in total. The molecule has 0 saturated heterocycles. The second kappa shape index (κ2) is 5.51. The van der Waals surface area contributed by atoms with Gasteiger partial charge in [0.25, 0.3) is 5.89 Å². The zero-order valence-corrected chi connectivity index (χ0v) is 11.8. The number of imidazole rings is 1. The van der Waals surface area contributed by atoms with E-state index in [4.69, 9.17) is 10.3 Å². The van der Waals surface area contributed by atoms with Crippen LogP contribution in [0.3, 0.4) is 0 Å². The lowest BCUT2D eigenvalue weighted by molar-refractivity contribution is 0.422. The molecule has 0 unspecified atom stereocenters. The Morgan fingerprint density at radius 2 is 2.30 bits per heavy atom. The van der Waals surface area contributed by atoms with Crippen LogP contribution in [-0.2, 0) is 13.0 Å². The van der Waals surface area contributed by atoms with Crippen LogP contribution in [0.15, 0.2) is 22.4 Å². The summed E-state index contributed by atoms with van der Waals surface area (Å²) in [5.74, 6) is 1.03. The minimum atomic E-state index is 0.419. The third-order valence-corrected chi connectivity index (χ3v) is 3.54. The van der Waals surface area contributed by atoms with Crippen LogP contribution in [0.4, 0.5) is 0 Å². The monoisotopic (exact) mass is 290 g/mol. The maximum Gasteiger partial charge on any atom is 0.278 e. The van der Waals surface area contributed by atoms with Crippen molar-refractivity contribution in [1.82, 2.24) is 24.7 Å². The molecule has 0 spiro atoms. The highest BCUT2D eigenvalue weighted by Gasteiger charge is 2.12. The first kappa shape index (κ1) is 12.9. The Labute approximate surface area is 119 Å². The van der Waals surface area contributed by atoms with Crippen LogP contribution < -0.4 is 5.73 Å². The van der Waals surface area contributed by atoms with Gasteiger partial charge in [-0.15, -0.1) is 11.3 Å². The Morgan fingerprint density at radius 3 is 3.05 bits per heavy atom. The molecule has 3 rings (SSSR count). The third-order valence-electron chi connectivity index (χ3n) is 2.71. The van der Waals surface area contributed by atoms with Gasteiger partial charge in [0.2, 0.25) is 0 Å². The predicted molar refractivity (Wildman–Crippen MR) is 74.2 cm³/mol. The SMILES string of the molecule is Cc1nc(Cc2noc(-c3cn(CCN)cn3)n2)cs1. The van der Waals surface area contributed by atoms with Crippen LogP contribution >= 0.6 is 11.3 Å². The molecular formula is C12H14N6OS. The van der Waals surface area contributed by atoms with E-state index in [0.717, 1.165) is 10.7 Å². The molecule has 7 nitrogen and oxygen atoms in total. The first-order chi connectivity index (χ1) is 9.74. The largest absolute Gasteiger partial charge is 0.335 e. The van der Waals surface area contributed by atoms with Crippen LogP contribution in [0.5, 0.6) is 0 Å². The minimum Gasteiger partial charge on any atom is -0.335 e. The molecule has 8 heteroatoms. The molecule has 0 aliphatic heterocycles. The summed E-state index contributed by atoms with van der Waals surface area (Å²) in [7, 11) is 0. The van der Waals surface area contributed by atoms with E-state index >= 15 is 0 Å². The highest BCUT2D eigenvalue weighted by Crippen LogP contribution is 2.16. The quantitative estimate of drug-likeness (QED) is 0.759. The summed E-state index contributed by atoms with van der Waals surface area (Å²) in [4.78, 5) is 12.9. The van der Waals surface area contributed by atoms with Crippen LogP contribution in [0.1, 0.15) is 16.5 Å². The van der Waals surface area contributed by atoms with E-state index in [2.05, 4.69) is 20.1 Å². The molecule has 0 atom stereocenters. The number of thiazole rings is 1. The molecule has 0 fully saturated rings. The molecule has 3 aromatic rings. The molecule has 0 bridgehead atoms. The standard InChI is InChI=1S/C12H14N6OS/c1-8-15-9(6-20-8)4-11-16-12(19-17-11)10-5-18(3-2-13)7-14-10/h5-7H,2-4,13H2,1H3. The normalized spacial score (nSPS) is 11.1. The topological polar surface area (TPSA) is 95.7 Å². The van der Waals surface area contributed by atoms with Gasteiger partial charge in [0, 0.05) is 24.7 Å². The van der Waals surface area contributed by atoms with Crippen LogP contribution in [-0.4, -0.2) is 31.2 Å². The minimum absolute atomic E-state index is 0.419. The van der Waals surface area contributed by atoms with Crippen LogP contribution in [0.25, 0.3) is 11.6 Å². The molecule has 0 radical (unpaired) electrons. The van der Waals surface area contributed by atoms with Crippen molar-refractivity contribution in [3.05, 3.63) is 34.4 Å². The van der Waals surface area contributed by atoms with Crippen molar-refractivity contribution in [1.29, 1.82) is 0 Å². The van der Waals surface area contributed by atoms with E-state index in [1.165, 1.54) is 0 Å². The van der Waals surface area contributed by atoms with Crippen molar-refractivity contribution in [2.45, 2.75) is 19.9 Å². The molecule has 0 amide bonds. The summed E-state index contributed by atoms with van der Waals surface area (Å²) >= 11 is 1.61. The number of aromatic nitrogens is 5. The molecular weight excluding hydrogens is 276 g/mol. The molecule has 0 aliphatic carbocycles. The third kappa shape index (κ3) is 2.75. The zero-order valence-electron chi connectivity index (χ0n) is 11.0. The summed E-state index contributed by atoms with van der Waals surface area (Å²) in [6, 6.07) is 0. The maximum absolute atomic E-state index is 5.49. The summed E-state index contributed by atoms with van der Waals surface area (Å²) in [5, 5.41) is 6.99. The van der Waals surface area contributed by atoms with Crippen molar-refractivity contribution >= 4 is 11.3 Å². The average Bonchev–Trinajstić information content (AvgIpc) is 3.12. The van der Waals surface area contributed by atoms with Gasteiger partial charge in [0.05, 0.1) is 23.4 Å². The van der Waals surface area contributed by atoms with Gasteiger partial charge in [-0.2, -0.15) is 4.98 Å². The highest BCUT2D eigenvalue weighted by atomic mass is 32.1. The van der Waals surface area contributed by atoms with Gasteiger partial charge in [0.15, 0.2) is 5.82 Å². The second-order valence-electron chi connectivity index (χ2n) is 4.34. The Bertz CT molecular complexity index is 700. The summed E-state index contributed by atoms with van der Waals surface area (Å²) in [6.07, 6.45) is 4.12. The van der Waals surface area contributed by atoms with Gasteiger partial charge in [0.1, 0.15) is 5.69 Å². The van der Waals surface area contributed by atoms with Gasteiger partial charge >= 0.3 is 0 Å². The fourth-order valence-corrected chi connectivity index (χ4v) is 2.44. The summed E-state index contributed by atoms with van der Waals surface area (Å²) in [6.45, 7) is 3.25. The van der Waals surface area contributed by atoms with Crippen molar-refractivity contribution in [2.75, 3.05) is 6.54 Å². The lowest BCUT2D eigenvalue weighted by Gasteiger charge is -1.94. The first-order valence-corrected chi connectivity index (χ1v) is 7.08. The maximum atomic E-state index is 5.49. The lowest BCUT2D eigenvalue weighted by Crippen LogP contribution is -2.07. The molecule has 104 valence electrons. The highest BCUT2D eigenvalue weighted by molar-refractivity contribution is 7.09. The fourth-order valence-electron chi connectivity index (χ4n) is 1.82. The van der Waals surface area contributed by atoms with Crippen molar-refractivity contribution in [3.63, 3.8) is 0 Å². The van der Waals surface area contributed by atoms with E-state index in [1.54, 1.807) is 17.7 Å².